The molecule has 2 unspecified atom stereocenters. The van der Waals surface area contributed by atoms with Crippen molar-refractivity contribution in [1.82, 2.24) is 0 Å². The first-order valence-electron chi connectivity index (χ1n) is 4.86. The highest BCUT2D eigenvalue weighted by atomic mass is 32.2. The second-order valence-electron chi connectivity index (χ2n) is 3.90. The third kappa shape index (κ3) is 2.08. The van der Waals surface area contributed by atoms with E-state index < -0.39 is 26.3 Å². The van der Waals surface area contributed by atoms with E-state index >= 15 is 0 Å². The molecule has 0 radical (unpaired) electrons. The monoisotopic (exact) mass is 220 g/mol. The third-order valence-corrected chi connectivity index (χ3v) is 5.53. The second-order valence-corrected chi connectivity index (χ2v) is 6.39. The summed E-state index contributed by atoms with van der Waals surface area (Å²) in [7, 11) is -3.49. The predicted octanol–water partition coefficient (Wildman–Crippen LogP) is 1.06. The van der Waals surface area contributed by atoms with Crippen molar-refractivity contribution >= 4 is 15.8 Å². The molecule has 5 heteroatoms. The Bertz CT molecular complexity index is 316. The molecular formula is C9H16O4S. The molecule has 0 saturated heterocycles. The van der Waals surface area contributed by atoms with Gasteiger partial charge in [-0.15, -0.1) is 0 Å². The van der Waals surface area contributed by atoms with Gasteiger partial charge in [0.05, 0.1) is 5.25 Å². The molecule has 1 N–H and O–H groups in total. The number of carbonyl (C=O) groups is 1. The van der Waals surface area contributed by atoms with E-state index in [2.05, 4.69) is 0 Å². The summed E-state index contributed by atoms with van der Waals surface area (Å²) < 4.78 is 23.6. The van der Waals surface area contributed by atoms with E-state index in [0.29, 0.717) is 6.42 Å². The molecule has 0 spiro atoms. The van der Waals surface area contributed by atoms with E-state index in [1.165, 1.54) is 0 Å². The van der Waals surface area contributed by atoms with Crippen LogP contribution in [0.15, 0.2) is 0 Å². The van der Waals surface area contributed by atoms with Gasteiger partial charge < -0.3 is 5.11 Å². The van der Waals surface area contributed by atoms with E-state index in [-0.39, 0.29) is 5.92 Å². The van der Waals surface area contributed by atoms with Gasteiger partial charge in [0.25, 0.3) is 0 Å². The van der Waals surface area contributed by atoms with Gasteiger partial charge in [-0.3, -0.25) is 4.79 Å². The van der Waals surface area contributed by atoms with Gasteiger partial charge in [0.15, 0.2) is 15.1 Å². The van der Waals surface area contributed by atoms with Crippen molar-refractivity contribution < 1.29 is 18.3 Å². The topological polar surface area (TPSA) is 71.4 Å². The van der Waals surface area contributed by atoms with Crippen molar-refractivity contribution in [2.45, 2.75) is 43.6 Å². The lowest BCUT2D eigenvalue weighted by atomic mass is 10.3. The molecule has 0 aromatic carbocycles. The predicted molar refractivity (Wildman–Crippen MR) is 52.8 cm³/mol. The summed E-state index contributed by atoms with van der Waals surface area (Å²) in [6, 6.07) is 0. The number of carboxylic acid groups (broad SMARTS) is 1. The summed E-state index contributed by atoms with van der Waals surface area (Å²) in [5, 5.41) is 7.16. The van der Waals surface area contributed by atoms with Gasteiger partial charge >= 0.3 is 5.97 Å². The Morgan fingerprint density at radius 3 is 2.29 bits per heavy atom. The van der Waals surface area contributed by atoms with Gasteiger partial charge in [-0.05, 0) is 32.1 Å². The Labute approximate surface area is 84.2 Å². The van der Waals surface area contributed by atoms with Gasteiger partial charge in [0.2, 0.25) is 0 Å². The van der Waals surface area contributed by atoms with Crippen LogP contribution in [-0.4, -0.2) is 30.0 Å². The van der Waals surface area contributed by atoms with Crippen molar-refractivity contribution in [2.24, 2.45) is 5.92 Å². The lowest BCUT2D eigenvalue weighted by molar-refractivity contribution is -0.136. The molecule has 82 valence electrons. The summed E-state index contributed by atoms with van der Waals surface area (Å²) in [5.41, 5.74) is 0. The van der Waals surface area contributed by atoms with Crippen LogP contribution in [0.2, 0.25) is 0 Å². The smallest absolute Gasteiger partial charge is 0.322 e. The van der Waals surface area contributed by atoms with Crippen LogP contribution >= 0.6 is 0 Å². The quantitative estimate of drug-likeness (QED) is 0.752. The van der Waals surface area contributed by atoms with Crippen LogP contribution in [-0.2, 0) is 14.6 Å². The summed E-state index contributed by atoms with van der Waals surface area (Å²) in [5.74, 6) is -1.33. The van der Waals surface area contributed by atoms with Gasteiger partial charge in [0.1, 0.15) is 0 Å². The van der Waals surface area contributed by atoms with Crippen molar-refractivity contribution in [1.29, 1.82) is 0 Å². The SMILES string of the molecule is CCC(C)S(=O)(=O)C(C(=O)O)C1CC1. The fourth-order valence-electron chi connectivity index (χ4n) is 1.49. The summed E-state index contributed by atoms with van der Waals surface area (Å²) >= 11 is 0. The minimum absolute atomic E-state index is 0.147. The molecule has 1 fully saturated rings. The van der Waals surface area contributed by atoms with Crippen molar-refractivity contribution in [2.75, 3.05) is 0 Å². The molecule has 0 aromatic heterocycles. The number of rotatable bonds is 5. The lowest BCUT2D eigenvalue weighted by Gasteiger charge is -2.17. The lowest BCUT2D eigenvalue weighted by Crippen LogP contribution is -2.37. The zero-order chi connectivity index (χ0) is 10.9. The Kier molecular flexibility index (Phi) is 3.19. The molecule has 0 bridgehead atoms. The van der Waals surface area contributed by atoms with E-state index in [1.807, 2.05) is 0 Å². The second kappa shape index (κ2) is 3.88. The highest BCUT2D eigenvalue weighted by Crippen LogP contribution is 2.37. The third-order valence-electron chi connectivity index (χ3n) is 2.78. The van der Waals surface area contributed by atoms with Crippen molar-refractivity contribution in [3.63, 3.8) is 0 Å². The molecule has 0 amide bonds. The van der Waals surface area contributed by atoms with E-state index in [4.69, 9.17) is 5.11 Å². The number of carboxylic acids is 1. The summed E-state index contributed by atoms with van der Waals surface area (Å²) in [4.78, 5) is 10.9. The van der Waals surface area contributed by atoms with Crippen LogP contribution in [0.1, 0.15) is 33.1 Å². The van der Waals surface area contributed by atoms with Crippen LogP contribution in [0.25, 0.3) is 0 Å². The Morgan fingerprint density at radius 1 is 1.50 bits per heavy atom. The van der Waals surface area contributed by atoms with Crippen molar-refractivity contribution in [3.8, 4) is 0 Å². The van der Waals surface area contributed by atoms with Crippen LogP contribution in [0.4, 0.5) is 0 Å². The molecule has 0 aromatic rings. The molecule has 14 heavy (non-hydrogen) atoms. The molecule has 0 heterocycles. The highest BCUT2D eigenvalue weighted by molar-refractivity contribution is 7.93. The Balaban J connectivity index is 2.92. The molecular weight excluding hydrogens is 204 g/mol. The van der Waals surface area contributed by atoms with Crippen LogP contribution in [0.3, 0.4) is 0 Å². The maximum absolute atomic E-state index is 11.8. The first-order valence-corrected chi connectivity index (χ1v) is 6.47. The van der Waals surface area contributed by atoms with E-state index in [9.17, 15) is 13.2 Å². The maximum atomic E-state index is 11.8. The average Bonchev–Trinajstić information content (AvgIpc) is 2.85. The molecule has 4 nitrogen and oxygen atoms in total. The minimum atomic E-state index is -3.49. The fraction of sp³-hybridized carbons (Fsp3) is 0.889. The van der Waals surface area contributed by atoms with Crippen molar-refractivity contribution in [3.05, 3.63) is 0 Å². The summed E-state index contributed by atoms with van der Waals surface area (Å²) in [6.07, 6.45) is 1.93. The van der Waals surface area contributed by atoms with Gasteiger partial charge in [-0.2, -0.15) is 0 Å². The number of aliphatic carboxylic acids is 1. The first-order chi connectivity index (χ1) is 6.41. The molecule has 1 rings (SSSR count). The molecule has 0 aliphatic heterocycles. The number of hydrogen-bond donors (Lipinski definition) is 1. The normalized spacial score (nSPS) is 21.6. The van der Waals surface area contributed by atoms with Gasteiger partial charge in [-0.25, -0.2) is 8.42 Å². The zero-order valence-corrected chi connectivity index (χ0v) is 9.25. The molecule has 1 aliphatic carbocycles. The van der Waals surface area contributed by atoms with E-state index in [1.54, 1.807) is 13.8 Å². The maximum Gasteiger partial charge on any atom is 0.322 e. The number of hydrogen-bond acceptors (Lipinski definition) is 3. The Hall–Kier alpha value is -0.580. The Morgan fingerprint density at radius 2 is 2.00 bits per heavy atom. The minimum Gasteiger partial charge on any atom is -0.480 e. The molecule has 1 aliphatic rings. The van der Waals surface area contributed by atoms with Crippen LogP contribution in [0, 0.1) is 5.92 Å². The van der Waals surface area contributed by atoms with Crippen LogP contribution in [0.5, 0.6) is 0 Å². The fourth-order valence-corrected chi connectivity index (χ4v) is 3.55. The van der Waals surface area contributed by atoms with Gasteiger partial charge in [-0.1, -0.05) is 6.92 Å². The molecule has 1 saturated carbocycles. The number of sulfone groups is 1. The molecule has 2 atom stereocenters. The zero-order valence-electron chi connectivity index (χ0n) is 8.43. The van der Waals surface area contributed by atoms with Crippen LogP contribution < -0.4 is 0 Å². The standard InChI is InChI=1S/C9H16O4S/c1-3-6(2)14(12,13)8(9(10)11)7-4-5-7/h6-8H,3-5H2,1-2H3,(H,10,11). The van der Waals surface area contributed by atoms with Gasteiger partial charge in [0, 0.05) is 0 Å². The first kappa shape index (κ1) is 11.5. The average molecular weight is 220 g/mol. The summed E-state index contributed by atoms with van der Waals surface area (Å²) in [6.45, 7) is 3.33. The van der Waals surface area contributed by atoms with E-state index in [0.717, 1.165) is 12.8 Å². The highest BCUT2D eigenvalue weighted by Gasteiger charge is 2.46. The largest absolute Gasteiger partial charge is 0.480 e.